The van der Waals surface area contributed by atoms with Crippen LogP contribution >= 0.6 is 0 Å². The van der Waals surface area contributed by atoms with Crippen LogP contribution in [0.4, 0.5) is 0 Å². The van der Waals surface area contributed by atoms with Crippen molar-refractivity contribution in [2.45, 2.75) is 32.1 Å². The minimum Gasteiger partial charge on any atom is -0.395 e. The predicted octanol–water partition coefficient (Wildman–Crippen LogP) is 0.698. The second kappa shape index (κ2) is 5.25. The van der Waals surface area contributed by atoms with Crippen LogP contribution < -0.4 is 0 Å². The third-order valence-electron chi connectivity index (χ3n) is 3.10. The minimum atomic E-state index is -0.440. The molecule has 0 aromatic rings. The van der Waals surface area contributed by atoms with E-state index in [0.29, 0.717) is 5.92 Å². The molecule has 0 radical (unpaired) electrons. The minimum absolute atomic E-state index is 0.210. The molecule has 1 saturated heterocycles. The quantitative estimate of drug-likeness (QED) is 0.665. The van der Waals surface area contributed by atoms with Crippen molar-refractivity contribution in [3.63, 3.8) is 0 Å². The summed E-state index contributed by atoms with van der Waals surface area (Å²) in [5.74, 6) is 0.159. The average molecular weight is 217 g/mol. The first kappa shape index (κ1) is 12.9. The Hall–Kier alpha value is -0.160. The van der Waals surface area contributed by atoms with Gasteiger partial charge >= 0.3 is 0 Å². The van der Waals surface area contributed by atoms with Gasteiger partial charge in [-0.25, -0.2) is 0 Å². The summed E-state index contributed by atoms with van der Waals surface area (Å²) in [5.41, 5.74) is 0. The highest BCUT2D eigenvalue weighted by atomic mass is 16.7. The van der Waals surface area contributed by atoms with Crippen LogP contribution in [0.5, 0.6) is 0 Å². The number of aliphatic hydroxyl groups is 1. The van der Waals surface area contributed by atoms with Crippen LogP contribution in [-0.4, -0.2) is 55.8 Å². The van der Waals surface area contributed by atoms with Crippen LogP contribution in [0.1, 0.15) is 20.3 Å². The summed E-state index contributed by atoms with van der Waals surface area (Å²) in [4.78, 5) is 2.22. The summed E-state index contributed by atoms with van der Waals surface area (Å²) in [6.07, 6.45) is 1.01. The standard InChI is InChI=1S/C11H23NO3/c1-9(2)5-10(6-13)12-7-11(8-12,14-3)15-4/h9-10,13H,5-8H2,1-4H3. The maximum absolute atomic E-state index is 9.30. The molecule has 1 heterocycles. The number of hydrogen-bond donors (Lipinski definition) is 1. The number of ether oxygens (including phenoxy) is 2. The van der Waals surface area contributed by atoms with Crippen LogP contribution in [0.3, 0.4) is 0 Å². The molecule has 0 bridgehead atoms. The number of methoxy groups -OCH3 is 2. The van der Waals surface area contributed by atoms with Gasteiger partial charge in [-0.1, -0.05) is 13.8 Å². The Labute approximate surface area is 92.2 Å². The van der Waals surface area contributed by atoms with Gasteiger partial charge in [0.2, 0.25) is 0 Å². The second-order valence-electron chi connectivity index (χ2n) is 4.69. The van der Waals surface area contributed by atoms with Crippen molar-refractivity contribution in [1.29, 1.82) is 0 Å². The number of aliphatic hydroxyl groups excluding tert-OH is 1. The van der Waals surface area contributed by atoms with Gasteiger partial charge in [-0.3, -0.25) is 4.90 Å². The summed E-state index contributed by atoms with van der Waals surface area (Å²) in [6.45, 7) is 6.04. The highest BCUT2D eigenvalue weighted by Crippen LogP contribution is 2.28. The van der Waals surface area contributed by atoms with Crippen LogP contribution in [0, 0.1) is 5.92 Å². The molecule has 1 aliphatic heterocycles. The van der Waals surface area contributed by atoms with Crippen molar-refractivity contribution in [2.24, 2.45) is 5.92 Å². The zero-order valence-electron chi connectivity index (χ0n) is 10.2. The molecule has 4 nitrogen and oxygen atoms in total. The summed E-state index contributed by atoms with van der Waals surface area (Å²) in [6, 6.07) is 0.239. The molecular formula is C11H23NO3. The molecular weight excluding hydrogens is 194 g/mol. The molecule has 0 aromatic heterocycles. The summed E-state index contributed by atoms with van der Waals surface area (Å²) in [5, 5.41) is 9.30. The van der Waals surface area contributed by atoms with Gasteiger partial charge in [-0.15, -0.1) is 0 Å². The monoisotopic (exact) mass is 217 g/mol. The van der Waals surface area contributed by atoms with Gasteiger partial charge in [-0.05, 0) is 12.3 Å². The van der Waals surface area contributed by atoms with E-state index in [1.807, 2.05) is 0 Å². The smallest absolute Gasteiger partial charge is 0.193 e. The van der Waals surface area contributed by atoms with Gasteiger partial charge in [0.15, 0.2) is 5.79 Å². The average Bonchev–Trinajstić information content (AvgIpc) is 2.15. The lowest BCUT2D eigenvalue weighted by molar-refractivity contribution is -0.284. The normalized spacial score (nSPS) is 22.8. The van der Waals surface area contributed by atoms with E-state index in [1.165, 1.54) is 0 Å². The number of hydrogen-bond acceptors (Lipinski definition) is 4. The van der Waals surface area contributed by atoms with Gasteiger partial charge in [0.25, 0.3) is 0 Å². The fourth-order valence-corrected chi connectivity index (χ4v) is 2.06. The van der Waals surface area contributed by atoms with E-state index in [0.717, 1.165) is 19.5 Å². The molecule has 0 saturated carbocycles. The number of nitrogens with zero attached hydrogens (tertiary/aromatic N) is 1. The van der Waals surface area contributed by atoms with Gasteiger partial charge in [0.05, 0.1) is 19.7 Å². The van der Waals surface area contributed by atoms with E-state index in [-0.39, 0.29) is 12.6 Å². The van der Waals surface area contributed by atoms with E-state index in [9.17, 15) is 5.11 Å². The Balaban J connectivity index is 2.41. The second-order valence-corrected chi connectivity index (χ2v) is 4.69. The fourth-order valence-electron chi connectivity index (χ4n) is 2.06. The number of rotatable bonds is 6. The molecule has 0 aliphatic carbocycles. The summed E-state index contributed by atoms with van der Waals surface area (Å²) >= 11 is 0. The van der Waals surface area contributed by atoms with Crippen LogP contribution in [-0.2, 0) is 9.47 Å². The van der Waals surface area contributed by atoms with Gasteiger partial charge < -0.3 is 14.6 Å². The number of likely N-dealkylation sites (tertiary alicyclic amines) is 1. The molecule has 0 amide bonds. The lowest BCUT2D eigenvalue weighted by Crippen LogP contribution is -2.67. The molecule has 4 heteroatoms. The lowest BCUT2D eigenvalue weighted by Gasteiger charge is -2.50. The maximum Gasteiger partial charge on any atom is 0.193 e. The largest absolute Gasteiger partial charge is 0.395 e. The Morgan fingerprint density at radius 3 is 2.13 bits per heavy atom. The first-order valence-corrected chi connectivity index (χ1v) is 5.52. The third-order valence-corrected chi connectivity index (χ3v) is 3.10. The van der Waals surface area contributed by atoms with Crippen LogP contribution in [0.15, 0.2) is 0 Å². The molecule has 90 valence electrons. The Morgan fingerprint density at radius 2 is 1.80 bits per heavy atom. The van der Waals surface area contributed by atoms with Crippen LogP contribution in [0.2, 0.25) is 0 Å². The van der Waals surface area contributed by atoms with Crippen LogP contribution in [0.25, 0.3) is 0 Å². The van der Waals surface area contributed by atoms with E-state index in [2.05, 4.69) is 18.7 Å². The SMILES string of the molecule is COC1(OC)CN(C(CO)CC(C)C)C1. The highest BCUT2D eigenvalue weighted by Gasteiger charge is 2.46. The molecule has 1 atom stereocenters. The zero-order chi connectivity index (χ0) is 11.5. The zero-order valence-corrected chi connectivity index (χ0v) is 10.2. The highest BCUT2D eigenvalue weighted by molar-refractivity contribution is 4.93. The maximum atomic E-state index is 9.30. The van der Waals surface area contributed by atoms with Crippen molar-refractivity contribution in [1.82, 2.24) is 4.90 Å². The molecule has 0 spiro atoms. The lowest BCUT2D eigenvalue weighted by atomic mass is 9.97. The first-order chi connectivity index (χ1) is 7.06. The third kappa shape index (κ3) is 2.91. The van der Waals surface area contributed by atoms with Crippen molar-refractivity contribution < 1.29 is 14.6 Å². The topological polar surface area (TPSA) is 41.9 Å². The molecule has 1 aliphatic rings. The van der Waals surface area contributed by atoms with Gasteiger partial charge in [0, 0.05) is 20.3 Å². The van der Waals surface area contributed by atoms with Crippen molar-refractivity contribution >= 4 is 0 Å². The predicted molar refractivity (Wildman–Crippen MR) is 58.7 cm³/mol. The Morgan fingerprint density at radius 1 is 1.27 bits per heavy atom. The fraction of sp³-hybridized carbons (Fsp3) is 1.00. The van der Waals surface area contributed by atoms with Gasteiger partial charge in [0.1, 0.15) is 0 Å². The van der Waals surface area contributed by atoms with E-state index < -0.39 is 5.79 Å². The van der Waals surface area contributed by atoms with E-state index in [1.54, 1.807) is 14.2 Å². The molecule has 1 unspecified atom stereocenters. The molecule has 1 N–H and O–H groups in total. The van der Waals surface area contributed by atoms with E-state index >= 15 is 0 Å². The van der Waals surface area contributed by atoms with Crippen molar-refractivity contribution in [3.05, 3.63) is 0 Å². The molecule has 15 heavy (non-hydrogen) atoms. The first-order valence-electron chi connectivity index (χ1n) is 5.52. The van der Waals surface area contributed by atoms with Crippen molar-refractivity contribution in [2.75, 3.05) is 33.9 Å². The summed E-state index contributed by atoms with van der Waals surface area (Å²) in [7, 11) is 3.33. The Kier molecular flexibility index (Phi) is 4.52. The summed E-state index contributed by atoms with van der Waals surface area (Å²) < 4.78 is 10.6. The Bertz CT molecular complexity index is 184. The van der Waals surface area contributed by atoms with E-state index in [4.69, 9.17) is 9.47 Å². The molecule has 1 rings (SSSR count). The molecule has 1 fully saturated rings. The molecule has 0 aromatic carbocycles. The van der Waals surface area contributed by atoms with Gasteiger partial charge in [-0.2, -0.15) is 0 Å². The van der Waals surface area contributed by atoms with Crippen molar-refractivity contribution in [3.8, 4) is 0 Å².